The summed E-state index contributed by atoms with van der Waals surface area (Å²) in [6.45, 7) is 14.3. The highest BCUT2D eigenvalue weighted by Crippen LogP contribution is 2.36. The van der Waals surface area contributed by atoms with E-state index in [9.17, 15) is 14.7 Å². The molecule has 1 fully saturated rings. The van der Waals surface area contributed by atoms with Crippen LogP contribution in [0.25, 0.3) is 0 Å². The van der Waals surface area contributed by atoms with Gasteiger partial charge < -0.3 is 19.7 Å². The molecule has 1 aliphatic heterocycles. The highest BCUT2D eigenvalue weighted by atomic mass is 16.7. The van der Waals surface area contributed by atoms with Crippen molar-refractivity contribution in [2.75, 3.05) is 0 Å². The maximum atomic E-state index is 12.7. The lowest BCUT2D eigenvalue weighted by molar-refractivity contribution is -0.139. The average molecular weight is 451 g/mol. The first kappa shape index (κ1) is 25.0. The standard InChI is InChI=1S/C26H34BNO5/c1-24(2,3)19-12-10-18(11-13-19)22(29)28-21(23(30)31)16-17-8-14-20(15-9-17)27-32-25(4,5)26(6,7)33-27/h8-15,21H,16H2,1-7H3,(H,28,29)(H,30,31)/t21-/m1/s1. The minimum absolute atomic E-state index is 0.0230. The Kier molecular flexibility index (Phi) is 6.78. The van der Waals surface area contributed by atoms with Crippen LogP contribution in [-0.4, -0.2) is 41.3 Å². The van der Waals surface area contributed by atoms with Crippen molar-refractivity contribution in [2.24, 2.45) is 0 Å². The molecule has 2 N–H and O–H groups in total. The molecule has 0 aliphatic carbocycles. The second-order valence-corrected chi connectivity index (χ2v) is 10.7. The Bertz CT molecular complexity index is 990. The van der Waals surface area contributed by atoms with E-state index in [4.69, 9.17) is 9.31 Å². The summed E-state index contributed by atoms with van der Waals surface area (Å²) >= 11 is 0. The second-order valence-electron chi connectivity index (χ2n) is 10.7. The topological polar surface area (TPSA) is 84.9 Å². The van der Waals surface area contributed by atoms with E-state index in [-0.39, 0.29) is 11.8 Å². The van der Waals surface area contributed by atoms with E-state index < -0.39 is 36.2 Å². The zero-order valence-corrected chi connectivity index (χ0v) is 20.6. The monoisotopic (exact) mass is 451 g/mol. The summed E-state index contributed by atoms with van der Waals surface area (Å²) in [6.07, 6.45) is 0.171. The summed E-state index contributed by atoms with van der Waals surface area (Å²) < 4.78 is 12.1. The summed E-state index contributed by atoms with van der Waals surface area (Å²) in [5.41, 5.74) is 2.32. The molecule has 1 saturated heterocycles. The van der Waals surface area contributed by atoms with Gasteiger partial charge >= 0.3 is 13.1 Å². The first-order valence-corrected chi connectivity index (χ1v) is 11.3. The van der Waals surface area contributed by atoms with Crippen molar-refractivity contribution in [3.05, 3.63) is 65.2 Å². The predicted octanol–water partition coefficient (Wildman–Crippen LogP) is 3.71. The highest BCUT2D eigenvalue weighted by Gasteiger charge is 2.51. The number of carbonyl (C=O) groups is 2. The summed E-state index contributed by atoms with van der Waals surface area (Å²) in [5, 5.41) is 12.3. The molecule has 1 amide bonds. The predicted molar refractivity (Wildman–Crippen MR) is 130 cm³/mol. The maximum absolute atomic E-state index is 12.7. The zero-order valence-electron chi connectivity index (χ0n) is 20.6. The molecule has 176 valence electrons. The van der Waals surface area contributed by atoms with E-state index in [0.717, 1.165) is 16.6 Å². The number of amides is 1. The molecule has 0 aromatic heterocycles. The van der Waals surface area contributed by atoms with E-state index in [0.29, 0.717) is 5.56 Å². The van der Waals surface area contributed by atoms with Crippen LogP contribution in [0.2, 0.25) is 0 Å². The Morgan fingerprint density at radius 2 is 1.45 bits per heavy atom. The lowest BCUT2D eigenvalue weighted by atomic mass is 9.78. The van der Waals surface area contributed by atoms with Crippen LogP contribution in [0.15, 0.2) is 48.5 Å². The molecular formula is C26H34BNO5. The smallest absolute Gasteiger partial charge is 0.480 e. The molecule has 3 rings (SSSR count). The van der Waals surface area contributed by atoms with Crippen molar-refractivity contribution in [1.29, 1.82) is 0 Å². The molecule has 0 radical (unpaired) electrons. The molecule has 1 atom stereocenters. The Morgan fingerprint density at radius 3 is 1.91 bits per heavy atom. The maximum Gasteiger partial charge on any atom is 0.494 e. The van der Waals surface area contributed by atoms with Gasteiger partial charge in [-0.15, -0.1) is 0 Å². The molecule has 7 heteroatoms. The summed E-state index contributed by atoms with van der Waals surface area (Å²) in [6, 6.07) is 13.7. The second kappa shape index (κ2) is 8.95. The number of carboxylic acid groups (broad SMARTS) is 1. The van der Waals surface area contributed by atoms with Gasteiger partial charge in [-0.25, -0.2) is 4.79 Å². The summed E-state index contributed by atoms with van der Waals surface area (Å²) in [5.74, 6) is -1.48. The highest BCUT2D eigenvalue weighted by molar-refractivity contribution is 6.62. The molecule has 0 unspecified atom stereocenters. The molecule has 2 aromatic rings. The SMILES string of the molecule is CC(C)(C)c1ccc(C(=O)N[C@H](Cc2ccc(B3OC(C)(C)C(C)(C)O3)cc2)C(=O)O)cc1. The lowest BCUT2D eigenvalue weighted by Gasteiger charge is -2.32. The van der Waals surface area contributed by atoms with Crippen LogP contribution >= 0.6 is 0 Å². The van der Waals surface area contributed by atoms with Gasteiger partial charge in [0.2, 0.25) is 0 Å². The fourth-order valence-corrected chi connectivity index (χ4v) is 3.59. The van der Waals surface area contributed by atoms with Gasteiger partial charge in [-0.2, -0.15) is 0 Å². The Hall–Kier alpha value is -2.64. The lowest BCUT2D eigenvalue weighted by Crippen LogP contribution is -2.42. The van der Waals surface area contributed by atoms with Crippen LogP contribution in [0, 0.1) is 0 Å². The number of benzene rings is 2. The third-order valence-corrected chi connectivity index (χ3v) is 6.56. The molecule has 33 heavy (non-hydrogen) atoms. The third-order valence-electron chi connectivity index (χ3n) is 6.56. The van der Waals surface area contributed by atoms with Crippen LogP contribution in [0.4, 0.5) is 0 Å². The van der Waals surface area contributed by atoms with Crippen molar-refractivity contribution in [2.45, 2.75) is 77.5 Å². The van der Waals surface area contributed by atoms with Crippen molar-refractivity contribution in [3.63, 3.8) is 0 Å². The van der Waals surface area contributed by atoms with Gasteiger partial charge in [-0.1, -0.05) is 57.2 Å². The number of hydrogen-bond donors (Lipinski definition) is 2. The normalized spacial score (nSPS) is 18.1. The minimum Gasteiger partial charge on any atom is -0.480 e. The first-order valence-electron chi connectivity index (χ1n) is 11.3. The van der Waals surface area contributed by atoms with E-state index in [1.807, 2.05) is 64.1 Å². The quantitative estimate of drug-likeness (QED) is 0.655. The first-order chi connectivity index (χ1) is 15.2. The summed E-state index contributed by atoms with van der Waals surface area (Å²) in [7, 11) is -0.477. The number of nitrogens with one attached hydrogen (secondary N) is 1. The van der Waals surface area contributed by atoms with Crippen LogP contribution in [0.3, 0.4) is 0 Å². The largest absolute Gasteiger partial charge is 0.494 e. The van der Waals surface area contributed by atoms with E-state index >= 15 is 0 Å². The molecule has 6 nitrogen and oxygen atoms in total. The molecule has 0 saturated carbocycles. The molecule has 0 spiro atoms. The summed E-state index contributed by atoms with van der Waals surface area (Å²) in [4.78, 5) is 24.5. The van der Waals surface area contributed by atoms with Crippen LogP contribution in [0.1, 0.15) is 70.0 Å². The fraction of sp³-hybridized carbons (Fsp3) is 0.462. The molecule has 1 aliphatic rings. The zero-order chi connectivity index (χ0) is 24.6. The molecule has 2 aromatic carbocycles. The van der Waals surface area contributed by atoms with E-state index in [1.165, 1.54) is 0 Å². The van der Waals surface area contributed by atoms with Gasteiger partial charge in [0.1, 0.15) is 6.04 Å². The van der Waals surface area contributed by atoms with Gasteiger partial charge in [-0.3, -0.25) is 4.79 Å². The number of hydrogen-bond acceptors (Lipinski definition) is 4. The Balaban J connectivity index is 1.67. The number of carbonyl (C=O) groups excluding carboxylic acids is 1. The third kappa shape index (κ3) is 5.65. The van der Waals surface area contributed by atoms with Crippen molar-refractivity contribution < 1.29 is 24.0 Å². The van der Waals surface area contributed by atoms with Gasteiger partial charge in [0.05, 0.1) is 11.2 Å². The Morgan fingerprint density at radius 1 is 0.939 bits per heavy atom. The van der Waals surface area contributed by atoms with Crippen LogP contribution < -0.4 is 10.8 Å². The van der Waals surface area contributed by atoms with E-state index in [1.54, 1.807) is 12.1 Å². The van der Waals surface area contributed by atoms with Crippen LogP contribution in [-0.2, 0) is 25.9 Å². The molecule has 1 heterocycles. The number of aliphatic carboxylic acids is 1. The van der Waals surface area contributed by atoms with Gasteiger partial charge in [0.25, 0.3) is 5.91 Å². The average Bonchev–Trinajstić information content (AvgIpc) is 2.94. The van der Waals surface area contributed by atoms with Gasteiger partial charge in [-0.05, 0) is 61.8 Å². The van der Waals surface area contributed by atoms with Gasteiger partial charge in [0.15, 0.2) is 0 Å². The van der Waals surface area contributed by atoms with Crippen LogP contribution in [0.5, 0.6) is 0 Å². The van der Waals surface area contributed by atoms with Gasteiger partial charge in [0, 0.05) is 12.0 Å². The number of rotatable bonds is 6. The fourth-order valence-electron chi connectivity index (χ4n) is 3.59. The Labute approximate surface area is 196 Å². The number of carboxylic acids is 1. The molecule has 0 bridgehead atoms. The van der Waals surface area contributed by atoms with Crippen molar-refractivity contribution in [1.82, 2.24) is 5.32 Å². The van der Waals surface area contributed by atoms with Crippen molar-refractivity contribution in [3.8, 4) is 0 Å². The minimum atomic E-state index is -1.08. The van der Waals surface area contributed by atoms with E-state index in [2.05, 4.69) is 26.1 Å². The molecular weight excluding hydrogens is 417 g/mol. The van der Waals surface area contributed by atoms with Crippen molar-refractivity contribution >= 4 is 24.5 Å².